The molecule has 0 N–H and O–H groups in total. The molecule has 45 heavy (non-hydrogen) atoms. The number of hydrogen-bond acceptors (Lipinski definition) is 7. The number of carbonyl (C=O) groups excluding carboxylic acids is 2. The Morgan fingerprint density at radius 3 is 2.42 bits per heavy atom. The standard InChI is InChI=1S/C37H40N2O6/c1-5-6-18-42-33(23-34(40)39-31(24-44-37(39)41)22-28-13-9-7-10-14-28)30-20-25(2)35(26(3)21-30)43-19-17-32-27(4)45-36(38-32)29-15-11-8-12-16-29/h5,7-16,20-21,31,33H,1,6,17-19,22-24H2,2-4H3/t31-,33?/m0/s1. The molecule has 2 atom stereocenters. The third-order valence-corrected chi connectivity index (χ3v) is 7.90. The minimum atomic E-state index is -0.611. The van der Waals surface area contributed by atoms with Crippen LogP contribution in [0.15, 0.2) is 89.9 Å². The summed E-state index contributed by atoms with van der Waals surface area (Å²) in [6.07, 6.45) is 2.39. The molecule has 8 nitrogen and oxygen atoms in total. The molecule has 1 aliphatic rings. The zero-order valence-electron chi connectivity index (χ0n) is 26.2. The summed E-state index contributed by atoms with van der Waals surface area (Å²) in [7, 11) is 0. The van der Waals surface area contributed by atoms with Gasteiger partial charge in [-0.05, 0) is 80.1 Å². The van der Waals surface area contributed by atoms with Crippen molar-refractivity contribution in [2.24, 2.45) is 0 Å². The van der Waals surface area contributed by atoms with Crippen molar-refractivity contribution >= 4 is 12.0 Å². The zero-order valence-corrected chi connectivity index (χ0v) is 26.2. The van der Waals surface area contributed by atoms with E-state index in [1.54, 1.807) is 6.08 Å². The number of oxazole rings is 1. The highest BCUT2D eigenvalue weighted by molar-refractivity contribution is 5.93. The molecule has 0 radical (unpaired) electrons. The summed E-state index contributed by atoms with van der Waals surface area (Å²) in [6.45, 7) is 10.7. The number of imide groups is 1. The summed E-state index contributed by atoms with van der Waals surface area (Å²) in [6, 6.07) is 23.2. The number of amides is 2. The highest BCUT2D eigenvalue weighted by atomic mass is 16.6. The lowest BCUT2D eigenvalue weighted by atomic mass is 9.99. The van der Waals surface area contributed by atoms with Crippen LogP contribution in [-0.2, 0) is 27.1 Å². The van der Waals surface area contributed by atoms with E-state index in [1.165, 1.54) is 4.90 Å². The van der Waals surface area contributed by atoms with E-state index in [1.807, 2.05) is 93.6 Å². The largest absolute Gasteiger partial charge is 0.493 e. The number of benzene rings is 3. The number of hydrogen-bond donors (Lipinski definition) is 0. The van der Waals surface area contributed by atoms with Crippen molar-refractivity contribution < 1.29 is 28.2 Å². The van der Waals surface area contributed by atoms with E-state index in [2.05, 4.69) is 11.6 Å². The quantitative estimate of drug-likeness (QED) is 0.108. The Labute approximate surface area is 264 Å². The molecule has 0 saturated carbocycles. The fourth-order valence-electron chi connectivity index (χ4n) is 5.64. The van der Waals surface area contributed by atoms with E-state index in [4.69, 9.17) is 18.6 Å². The van der Waals surface area contributed by atoms with Gasteiger partial charge in [0.2, 0.25) is 11.8 Å². The van der Waals surface area contributed by atoms with Gasteiger partial charge in [-0.1, -0.05) is 54.6 Å². The highest BCUT2D eigenvalue weighted by Crippen LogP contribution is 2.32. The van der Waals surface area contributed by atoms with E-state index in [9.17, 15) is 9.59 Å². The molecule has 2 amide bonds. The first-order valence-corrected chi connectivity index (χ1v) is 15.3. The van der Waals surface area contributed by atoms with Crippen LogP contribution in [0.5, 0.6) is 5.75 Å². The molecule has 1 aliphatic heterocycles. The molecule has 2 heterocycles. The normalized spacial score (nSPS) is 15.1. The second-order valence-corrected chi connectivity index (χ2v) is 11.3. The van der Waals surface area contributed by atoms with Gasteiger partial charge < -0.3 is 18.6 Å². The van der Waals surface area contributed by atoms with E-state index in [-0.39, 0.29) is 25.0 Å². The van der Waals surface area contributed by atoms with Crippen molar-refractivity contribution in [1.29, 1.82) is 0 Å². The van der Waals surface area contributed by atoms with Crippen LogP contribution in [0.4, 0.5) is 4.79 Å². The van der Waals surface area contributed by atoms with Gasteiger partial charge in [-0.3, -0.25) is 4.79 Å². The second kappa shape index (κ2) is 14.9. The van der Waals surface area contributed by atoms with Crippen LogP contribution in [0.3, 0.4) is 0 Å². The average Bonchev–Trinajstić information content (AvgIpc) is 3.60. The molecule has 1 aromatic heterocycles. The molecule has 0 aliphatic carbocycles. The summed E-state index contributed by atoms with van der Waals surface area (Å²) in [4.78, 5) is 32.2. The van der Waals surface area contributed by atoms with Gasteiger partial charge in [0.05, 0.1) is 37.5 Å². The van der Waals surface area contributed by atoms with Crippen LogP contribution in [-0.4, -0.2) is 47.7 Å². The van der Waals surface area contributed by atoms with Crippen LogP contribution >= 0.6 is 0 Å². The predicted molar refractivity (Wildman–Crippen MR) is 172 cm³/mol. The molecule has 0 bridgehead atoms. The van der Waals surface area contributed by atoms with E-state index >= 15 is 0 Å². The Bertz CT molecular complexity index is 1590. The Kier molecular flexibility index (Phi) is 10.5. The minimum absolute atomic E-state index is 0.00575. The van der Waals surface area contributed by atoms with Crippen molar-refractivity contribution in [3.63, 3.8) is 0 Å². The molecular weight excluding hydrogens is 568 g/mol. The van der Waals surface area contributed by atoms with Gasteiger partial charge in [-0.15, -0.1) is 6.58 Å². The Morgan fingerprint density at radius 1 is 1.04 bits per heavy atom. The maximum absolute atomic E-state index is 13.6. The first-order valence-electron chi connectivity index (χ1n) is 15.3. The minimum Gasteiger partial charge on any atom is -0.493 e. The van der Waals surface area contributed by atoms with Gasteiger partial charge in [0.15, 0.2) is 0 Å². The maximum atomic E-state index is 13.6. The Hall–Kier alpha value is -4.69. The number of ether oxygens (including phenoxy) is 3. The Balaban J connectivity index is 1.27. The van der Waals surface area contributed by atoms with Crippen LogP contribution < -0.4 is 4.74 Å². The van der Waals surface area contributed by atoms with Crippen LogP contribution in [0.2, 0.25) is 0 Å². The van der Waals surface area contributed by atoms with E-state index < -0.39 is 12.2 Å². The third-order valence-electron chi connectivity index (χ3n) is 7.90. The molecule has 1 saturated heterocycles. The molecule has 8 heteroatoms. The number of cyclic esters (lactones) is 1. The number of aromatic nitrogens is 1. The van der Waals surface area contributed by atoms with Crippen molar-refractivity contribution in [2.75, 3.05) is 19.8 Å². The van der Waals surface area contributed by atoms with Gasteiger partial charge in [0, 0.05) is 12.0 Å². The van der Waals surface area contributed by atoms with Crippen LogP contribution in [0, 0.1) is 20.8 Å². The molecule has 1 fully saturated rings. The SMILES string of the molecule is C=CCCOC(CC(=O)N1C(=O)OC[C@@H]1Cc1ccccc1)c1cc(C)c(OCCc2nc(-c3ccccc3)oc2C)c(C)c1. The van der Waals surface area contributed by atoms with E-state index in [0.29, 0.717) is 38.4 Å². The van der Waals surface area contributed by atoms with Crippen LogP contribution in [0.1, 0.15) is 52.7 Å². The summed E-state index contributed by atoms with van der Waals surface area (Å²) < 4.78 is 23.6. The lowest BCUT2D eigenvalue weighted by Gasteiger charge is -2.24. The lowest BCUT2D eigenvalue weighted by Crippen LogP contribution is -2.41. The molecule has 3 aromatic carbocycles. The van der Waals surface area contributed by atoms with Gasteiger partial charge in [-0.25, -0.2) is 14.7 Å². The van der Waals surface area contributed by atoms with Gasteiger partial charge in [0.1, 0.15) is 18.1 Å². The van der Waals surface area contributed by atoms with Crippen molar-refractivity contribution in [1.82, 2.24) is 9.88 Å². The van der Waals surface area contributed by atoms with Gasteiger partial charge in [-0.2, -0.15) is 0 Å². The Morgan fingerprint density at radius 2 is 1.73 bits per heavy atom. The lowest BCUT2D eigenvalue weighted by molar-refractivity contribution is -0.132. The number of aryl methyl sites for hydroxylation is 3. The third kappa shape index (κ3) is 7.88. The summed E-state index contributed by atoms with van der Waals surface area (Å²) in [5.41, 5.74) is 5.54. The van der Waals surface area contributed by atoms with Gasteiger partial charge in [0.25, 0.3) is 0 Å². The maximum Gasteiger partial charge on any atom is 0.416 e. The van der Waals surface area contributed by atoms with Crippen LogP contribution in [0.25, 0.3) is 11.5 Å². The first-order chi connectivity index (χ1) is 21.8. The molecular formula is C37H40N2O6. The van der Waals surface area contributed by atoms with Crippen molar-refractivity contribution in [2.45, 2.75) is 58.6 Å². The molecule has 4 aromatic rings. The van der Waals surface area contributed by atoms with Crippen molar-refractivity contribution in [3.05, 3.63) is 119 Å². The molecule has 5 rings (SSSR count). The molecule has 1 unspecified atom stereocenters. The predicted octanol–water partition coefficient (Wildman–Crippen LogP) is 7.50. The number of nitrogens with zero attached hydrogens (tertiary/aromatic N) is 2. The monoisotopic (exact) mass is 608 g/mol. The molecule has 0 spiro atoms. The van der Waals surface area contributed by atoms with Gasteiger partial charge >= 0.3 is 6.09 Å². The van der Waals surface area contributed by atoms with E-state index in [0.717, 1.165) is 45.0 Å². The topological polar surface area (TPSA) is 91.1 Å². The smallest absolute Gasteiger partial charge is 0.416 e. The fraction of sp³-hybridized carbons (Fsp3) is 0.324. The second-order valence-electron chi connectivity index (χ2n) is 11.3. The summed E-state index contributed by atoms with van der Waals surface area (Å²) in [5.74, 6) is 1.84. The van der Waals surface area contributed by atoms with Crippen molar-refractivity contribution in [3.8, 4) is 17.2 Å². The number of carbonyl (C=O) groups is 2. The fourth-order valence-corrected chi connectivity index (χ4v) is 5.64. The zero-order chi connectivity index (χ0) is 31.8. The summed E-state index contributed by atoms with van der Waals surface area (Å²) in [5, 5.41) is 0. The number of rotatable bonds is 14. The first kappa shape index (κ1) is 31.7. The summed E-state index contributed by atoms with van der Waals surface area (Å²) >= 11 is 0. The molecule has 234 valence electrons. The highest BCUT2D eigenvalue weighted by Gasteiger charge is 2.39. The average molecular weight is 609 g/mol.